The van der Waals surface area contributed by atoms with E-state index in [1.165, 1.54) is 23.1 Å². The molecule has 7 heteroatoms. The first kappa shape index (κ1) is 12.5. The second-order valence-electron chi connectivity index (χ2n) is 2.20. The number of ether oxygens (including phenoxy) is 1. The molecule has 1 aromatic rings. The lowest BCUT2D eigenvalue weighted by Crippen LogP contribution is -1.98. The van der Waals surface area contributed by atoms with Gasteiger partial charge in [-0.3, -0.25) is 0 Å². The lowest BCUT2D eigenvalue weighted by molar-refractivity contribution is -0.135. The van der Waals surface area contributed by atoms with Crippen LogP contribution in [0.15, 0.2) is 21.3 Å². The van der Waals surface area contributed by atoms with Crippen molar-refractivity contribution in [1.82, 2.24) is 10.2 Å². The van der Waals surface area contributed by atoms with E-state index in [0.29, 0.717) is 0 Å². The number of esters is 1. The molecule has 1 aromatic heterocycles. The van der Waals surface area contributed by atoms with Crippen LogP contribution in [-0.4, -0.2) is 27.9 Å². The molecule has 0 saturated heterocycles. The number of aromatic nitrogens is 2. The molecule has 82 valence electrons. The normalized spacial score (nSPS) is 9.93. The van der Waals surface area contributed by atoms with Crippen molar-refractivity contribution in [3.63, 3.8) is 0 Å². The van der Waals surface area contributed by atoms with Crippen molar-refractivity contribution < 1.29 is 9.53 Å². The zero-order valence-corrected chi connectivity index (χ0v) is 10.6. The molecule has 0 unspecified atom stereocenters. The fraction of sp³-hybridized carbons (Fsp3) is 0.375. The molecule has 0 atom stereocenters. The molecule has 0 amide bonds. The first-order valence-electron chi connectivity index (χ1n) is 4.14. The minimum atomic E-state index is -0.421. The lowest BCUT2D eigenvalue weighted by Gasteiger charge is -1.96. The van der Waals surface area contributed by atoms with E-state index < -0.39 is 5.97 Å². The summed E-state index contributed by atoms with van der Waals surface area (Å²) < 4.78 is 6.55. The molecular formula is C8H10N2O2S3. The van der Waals surface area contributed by atoms with Gasteiger partial charge in [0, 0.05) is 6.08 Å². The Morgan fingerprint density at radius 1 is 1.53 bits per heavy atom. The Hall–Kier alpha value is -0.530. The van der Waals surface area contributed by atoms with E-state index >= 15 is 0 Å². The molecule has 15 heavy (non-hydrogen) atoms. The minimum absolute atomic E-state index is 0.246. The van der Waals surface area contributed by atoms with Crippen LogP contribution < -0.4 is 0 Å². The summed E-state index contributed by atoms with van der Waals surface area (Å²) in [4.78, 5) is 10.7. The van der Waals surface area contributed by atoms with Gasteiger partial charge in [0.25, 0.3) is 0 Å². The number of carbonyl (C=O) groups is 1. The molecule has 1 rings (SSSR count). The van der Waals surface area contributed by atoms with Gasteiger partial charge in [0.05, 0.1) is 0 Å². The van der Waals surface area contributed by atoms with Crippen molar-refractivity contribution in [3.8, 4) is 0 Å². The smallest absolute Gasteiger partial charge is 0.330 e. The molecule has 0 aromatic carbocycles. The Morgan fingerprint density at radius 3 is 2.80 bits per heavy atom. The van der Waals surface area contributed by atoms with Gasteiger partial charge in [0.1, 0.15) is 5.94 Å². The van der Waals surface area contributed by atoms with Crippen molar-refractivity contribution in [1.29, 1.82) is 0 Å². The van der Waals surface area contributed by atoms with Crippen LogP contribution in [0.25, 0.3) is 0 Å². The molecule has 0 N–H and O–H groups in total. The maximum absolute atomic E-state index is 10.7. The number of nitrogens with zero attached hydrogens (tertiary/aromatic N) is 2. The average Bonchev–Trinajstić information content (AvgIpc) is 2.66. The van der Waals surface area contributed by atoms with Crippen LogP contribution in [-0.2, 0) is 9.53 Å². The van der Waals surface area contributed by atoms with Gasteiger partial charge < -0.3 is 4.74 Å². The summed E-state index contributed by atoms with van der Waals surface area (Å²) in [5.74, 6) is 0.802. The molecule has 0 aliphatic carbocycles. The topological polar surface area (TPSA) is 52.1 Å². The summed E-state index contributed by atoms with van der Waals surface area (Å²) in [7, 11) is 0. The summed E-state index contributed by atoms with van der Waals surface area (Å²) in [6, 6.07) is 0. The summed E-state index contributed by atoms with van der Waals surface area (Å²) in [6.45, 7) is 5.36. The van der Waals surface area contributed by atoms with Crippen molar-refractivity contribution in [2.45, 2.75) is 15.6 Å². The van der Waals surface area contributed by atoms with Gasteiger partial charge in [0.2, 0.25) is 0 Å². The minimum Gasteiger partial charge on any atom is -0.451 e. The number of carbonyl (C=O) groups excluding carboxylic acids is 1. The molecule has 0 fully saturated rings. The highest BCUT2D eigenvalue weighted by Gasteiger charge is 2.05. The molecule has 4 nitrogen and oxygen atoms in total. The van der Waals surface area contributed by atoms with Crippen LogP contribution >= 0.6 is 34.9 Å². The molecule has 0 radical (unpaired) electrons. The van der Waals surface area contributed by atoms with Gasteiger partial charge in [-0.15, -0.1) is 10.2 Å². The molecule has 0 spiro atoms. The fourth-order valence-electron chi connectivity index (χ4n) is 0.634. The fourth-order valence-corrected chi connectivity index (χ4v) is 3.27. The Labute approximate surface area is 101 Å². The molecule has 0 bridgehead atoms. The van der Waals surface area contributed by atoms with E-state index in [-0.39, 0.29) is 5.94 Å². The Balaban J connectivity index is 2.31. The second-order valence-corrected chi connectivity index (χ2v) is 5.85. The summed E-state index contributed by atoms with van der Waals surface area (Å²) in [6.07, 6.45) is 1.14. The van der Waals surface area contributed by atoms with Crippen molar-refractivity contribution in [3.05, 3.63) is 12.7 Å². The van der Waals surface area contributed by atoms with Gasteiger partial charge in [-0.05, 0) is 5.75 Å². The molecular weight excluding hydrogens is 252 g/mol. The first-order valence-corrected chi connectivity index (χ1v) is 6.93. The summed E-state index contributed by atoms with van der Waals surface area (Å²) >= 11 is 4.50. The van der Waals surface area contributed by atoms with Crippen LogP contribution in [0.5, 0.6) is 0 Å². The second kappa shape index (κ2) is 6.86. The maximum Gasteiger partial charge on any atom is 0.330 e. The number of rotatable bonds is 6. The van der Waals surface area contributed by atoms with Gasteiger partial charge >= 0.3 is 5.97 Å². The monoisotopic (exact) mass is 262 g/mol. The van der Waals surface area contributed by atoms with Gasteiger partial charge in [-0.2, -0.15) is 0 Å². The van der Waals surface area contributed by atoms with E-state index in [1.54, 1.807) is 11.8 Å². The molecule has 0 saturated carbocycles. The third-order valence-corrected chi connectivity index (χ3v) is 4.11. The Kier molecular flexibility index (Phi) is 5.74. The van der Waals surface area contributed by atoms with E-state index in [1.807, 2.05) is 0 Å². The maximum atomic E-state index is 10.7. The SMILES string of the molecule is C=CC(=O)OCSc1nnc(SCC)s1. The zero-order valence-electron chi connectivity index (χ0n) is 8.13. The Morgan fingerprint density at radius 2 is 2.20 bits per heavy atom. The largest absolute Gasteiger partial charge is 0.451 e. The van der Waals surface area contributed by atoms with E-state index in [9.17, 15) is 4.79 Å². The highest BCUT2D eigenvalue weighted by Crippen LogP contribution is 2.28. The van der Waals surface area contributed by atoms with Crippen LogP contribution in [0.4, 0.5) is 0 Å². The third-order valence-electron chi connectivity index (χ3n) is 1.21. The molecule has 0 aliphatic heterocycles. The van der Waals surface area contributed by atoms with E-state index in [0.717, 1.165) is 20.5 Å². The highest BCUT2D eigenvalue weighted by molar-refractivity contribution is 8.03. The Bertz CT molecular complexity index is 340. The third kappa shape index (κ3) is 4.67. The molecule has 1 heterocycles. The van der Waals surface area contributed by atoms with Crippen LogP contribution in [0.3, 0.4) is 0 Å². The van der Waals surface area contributed by atoms with Gasteiger partial charge in [-0.25, -0.2) is 4.79 Å². The predicted octanol–water partition coefficient (Wildman–Crippen LogP) is 2.43. The van der Waals surface area contributed by atoms with E-state index in [4.69, 9.17) is 4.74 Å². The molecule has 0 aliphatic rings. The lowest BCUT2D eigenvalue weighted by atomic mass is 10.7. The van der Waals surface area contributed by atoms with Gasteiger partial charge in [0.15, 0.2) is 8.68 Å². The van der Waals surface area contributed by atoms with Crippen molar-refractivity contribution in [2.75, 3.05) is 11.7 Å². The standard InChI is InChI=1S/C8H10N2O2S3/c1-3-6(11)12-5-14-8-10-9-7(15-8)13-4-2/h3H,1,4-5H2,2H3. The number of thioether (sulfide) groups is 2. The average molecular weight is 262 g/mol. The van der Waals surface area contributed by atoms with Crippen molar-refractivity contribution in [2.24, 2.45) is 0 Å². The predicted molar refractivity (Wildman–Crippen MR) is 63.3 cm³/mol. The van der Waals surface area contributed by atoms with Crippen LogP contribution in [0.1, 0.15) is 6.92 Å². The van der Waals surface area contributed by atoms with Crippen molar-refractivity contribution >= 4 is 40.8 Å². The van der Waals surface area contributed by atoms with E-state index in [2.05, 4.69) is 23.7 Å². The summed E-state index contributed by atoms with van der Waals surface area (Å²) in [5, 5.41) is 7.92. The van der Waals surface area contributed by atoms with Crippen LogP contribution in [0.2, 0.25) is 0 Å². The van der Waals surface area contributed by atoms with Crippen LogP contribution in [0, 0.1) is 0 Å². The first-order chi connectivity index (χ1) is 7.26. The quantitative estimate of drug-likeness (QED) is 0.340. The van der Waals surface area contributed by atoms with Gasteiger partial charge in [-0.1, -0.05) is 48.4 Å². The highest BCUT2D eigenvalue weighted by atomic mass is 32.2. The summed E-state index contributed by atoms with van der Waals surface area (Å²) in [5.41, 5.74) is 0. The number of hydrogen-bond donors (Lipinski definition) is 0. The zero-order chi connectivity index (χ0) is 11.1. The number of hydrogen-bond acceptors (Lipinski definition) is 7.